The van der Waals surface area contributed by atoms with Crippen LogP contribution in [0.5, 0.6) is 0 Å². The average molecular weight is 485 g/mol. The van der Waals surface area contributed by atoms with E-state index in [0.29, 0.717) is 36.9 Å². The van der Waals surface area contributed by atoms with Gasteiger partial charge in [-0.05, 0) is 48.8 Å². The molecular formula is C26H28N8O2. The Morgan fingerprint density at radius 2 is 1.89 bits per heavy atom. The molecule has 1 aliphatic heterocycles. The summed E-state index contributed by atoms with van der Waals surface area (Å²) in [7, 11) is 0. The molecule has 3 aromatic heterocycles. The van der Waals surface area contributed by atoms with E-state index < -0.39 is 0 Å². The number of H-pyrrole nitrogens is 2. The van der Waals surface area contributed by atoms with Crippen LogP contribution in [0.4, 0.5) is 5.95 Å². The van der Waals surface area contributed by atoms with Crippen molar-refractivity contribution in [1.82, 2.24) is 35.3 Å². The number of aromatic amines is 2. The van der Waals surface area contributed by atoms with Crippen molar-refractivity contribution in [2.75, 3.05) is 11.9 Å². The summed E-state index contributed by atoms with van der Waals surface area (Å²) in [6.07, 6.45) is 7.41. The third-order valence-electron chi connectivity index (χ3n) is 7.73. The first-order valence-electron chi connectivity index (χ1n) is 12.7. The molecule has 0 saturated heterocycles. The molecule has 3 N–H and O–H groups in total. The molecule has 0 bridgehead atoms. The minimum atomic E-state index is 0.0122. The van der Waals surface area contributed by atoms with E-state index in [4.69, 9.17) is 9.40 Å². The van der Waals surface area contributed by atoms with Crippen molar-refractivity contribution < 1.29 is 9.21 Å². The molecule has 36 heavy (non-hydrogen) atoms. The summed E-state index contributed by atoms with van der Waals surface area (Å²) >= 11 is 0. The van der Waals surface area contributed by atoms with Crippen LogP contribution in [-0.2, 0) is 49.9 Å². The number of aryl methyl sites for hydroxylation is 1. The monoisotopic (exact) mass is 484 g/mol. The molecule has 0 saturated carbocycles. The van der Waals surface area contributed by atoms with Crippen LogP contribution in [0.3, 0.4) is 0 Å². The summed E-state index contributed by atoms with van der Waals surface area (Å²) in [5, 5.41) is 18.1. The minimum absolute atomic E-state index is 0.0122. The van der Waals surface area contributed by atoms with Gasteiger partial charge >= 0.3 is 0 Å². The van der Waals surface area contributed by atoms with Gasteiger partial charge in [0.05, 0.1) is 17.9 Å². The Labute approximate surface area is 207 Å². The Balaban J connectivity index is 0.970. The van der Waals surface area contributed by atoms with Gasteiger partial charge in [-0.25, -0.2) is 9.97 Å². The molecule has 0 fully saturated rings. The van der Waals surface area contributed by atoms with Crippen LogP contribution in [0, 0.1) is 0 Å². The Kier molecular flexibility index (Phi) is 5.11. The zero-order chi connectivity index (χ0) is 24.1. The van der Waals surface area contributed by atoms with E-state index in [1.807, 2.05) is 11.1 Å². The predicted molar refractivity (Wildman–Crippen MR) is 130 cm³/mol. The number of fused-ring (bicyclic) bond motifs is 3. The number of benzene rings is 1. The number of hydrogen-bond acceptors (Lipinski definition) is 7. The van der Waals surface area contributed by atoms with Gasteiger partial charge in [0.25, 0.3) is 0 Å². The standard InChI is InChI=1S/C26H28N8O2/c35-24(34-8-7-21-22(14-34)31-30-21)12-23-32-33-25(36-23)17-5-6-20-18(9-17)13-27-26(29-20)28-19-10-15-3-1-2-4-16(15)11-19/h1-4,13,17,19,30-31H,5-12,14H2,(H,27,28,29). The summed E-state index contributed by atoms with van der Waals surface area (Å²) in [6.45, 7) is 1.31. The lowest BCUT2D eigenvalue weighted by Gasteiger charge is -2.29. The normalized spacial score (nSPS) is 19.1. The first kappa shape index (κ1) is 21.3. The Hall–Kier alpha value is -3.95. The molecule has 1 amide bonds. The van der Waals surface area contributed by atoms with Gasteiger partial charge in [-0.2, -0.15) is 0 Å². The molecular weight excluding hydrogens is 456 g/mol. The fourth-order valence-electron chi connectivity index (χ4n) is 5.69. The summed E-state index contributed by atoms with van der Waals surface area (Å²) in [5.41, 5.74) is 7.33. The number of nitrogens with zero attached hydrogens (tertiary/aromatic N) is 5. The van der Waals surface area contributed by atoms with Gasteiger partial charge in [-0.15, -0.1) is 10.2 Å². The number of anilines is 1. The fourth-order valence-corrected chi connectivity index (χ4v) is 5.69. The Bertz CT molecular complexity index is 1390. The third kappa shape index (κ3) is 3.96. The summed E-state index contributed by atoms with van der Waals surface area (Å²) in [6, 6.07) is 8.94. The number of rotatable bonds is 5. The van der Waals surface area contributed by atoms with Crippen LogP contribution in [0.1, 0.15) is 57.9 Å². The molecule has 10 nitrogen and oxygen atoms in total. The number of aromatic nitrogens is 6. The smallest absolute Gasteiger partial charge is 0.232 e. The van der Waals surface area contributed by atoms with Gasteiger partial charge in [0.1, 0.15) is 6.42 Å². The van der Waals surface area contributed by atoms with Gasteiger partial charge < -0.3 is 24.8 Å². The second kappa shape index (κ2) is 8.61. The van der Waals surface area contributed by atoms with E-state index in [1.54, 1.807) is 0 Å². The molecule has 7 rings (SSSR count). The lowest BCUT2D eigenvalue weighted by atomic mass is 9.87. The number of carbonyl (C=O) groups excluding carboxylic acids is 1. The first-order valence-corrected chi connectivity index (χ1v) is 12.7. The van der Waals surface area contributed by atoms with Crippen LogP contribution in [-0.4, -0.2) is 53.8 Å². The van der Waals surface area contributed by atoms with Gasteiger partial charge in [0, 0.05) is 36.8 Å². The Morgan fingerprint density at radius 3 is 2.67 bits per heavy atom. The Morgan fingerprint density at radius 1 is 1.06 bits per heavy atom. The zero-order valence-corrected chi connectivity index (χ0v) is 20.0. The number of amides is 1. The second-order valence-electron chi connectivity index (χ2n) is 10.1. The quantitative estimate of drug-likeness (QED) is 0.397. The topological polar surface area (TPSA) is 129 Å². The maximum absolute atomic E-state index is 12.7. The maximum Gasteiger partial charge on any atom is 0.232 e. The summed E-state index contributed by atoms with van der Waals surface area (Å²) in [4.78, 5) is 24.0. The van der Waals surface area contributed by atoms with E-state index in [1.165, 1.54) is 16.8 Å². The number of nitrogens with one attached hydrogen (secondary N) is 3. The van der Waals surface area contributed by atoms with E-state index >= 15 is 0 Å². The summed E-state index contributed by atoms with van der Waals surface area (Å²) in [5.74, 6) is 1.82. The highest BCUT2D eigenvalue weighted by Gasteiger charge is 2.29. The van der Waals surface area contributed by atoms with E-state index in [0.717, 1.165) is 55.5 Å². The largest absolute Gasteiger partial charge is 0.424 e. The average Bonchev–Trinajstić information content (AvgIpc) is 3.51. The van der Waals surface area contributed by atoms with Crippen molar-refractivity contribution in [3.05, 3.63) is 76.0 Å². The molecule has 0 spiro atoms. The molecule has 4 heterocycles. The predicted octanol–water partition coefficient (Wildman–Crippen LogP) is 2.50. The molecule has 1 unspecified atom stereocenters. The van der Waals surface area contributed by atoms with E-state index in [2.05, 4.69) is 55.0 Å². The van der Waals surface area contributed by atoms with E-state index in [-0.39, 0.29) is 18.2 Å². The SMILES string of the molecule is O=C(Cc1nnc(C2CCc3nc(NC4Cc5ccccc5C4)ncc3C2)o1)N1CCc2[nH][nH]c2C1. The van der Waals surface area contributed by atoms with Crippen molar-refractivity contribution in [3.8, 4) is 0 Å². The molecule has 4 aromatic rings. The van der Waals surface area contributed by atoms with E-state index in [9.17, 15) is 4.79 Å². The molecule has 3 aliphatic rings. The van der Waals surface area contributed by atoms with Crippen molar-refractivity contribution in [1.29, 1.82) is 0 Å². The minimum Gasteiger partial charge on any atom is -0.424 e. The molecule has 1 atom stereocenters. The van der Waals surface area contributed by atoms with Crippen LogP contribution in [0.2, 0.25) is 0 Å². The number of carbonyl (C=O) groups is 1. The molecule has 2 aliphatic carbocycles. The highest BCUT2D eigenvalue weighted by molar-refractivity contribution is 5.78. The van der Waals surface area contributed by atoms with Crippen molar-refractivity contribution >= 4 is 11.9 Å². The lowest BCUT2D eigenvalue weighted by Crippen LogP contribution is -2.39. The van der Waals surface area contributed by atoms with Gasteiger partial charge in [-0.1, -0.05) is 24.3 Å². The van der Waals surface area contributed by atoms with Gasteiger partial charge in [0.15, 0.2) is 0 Å². The molecule has 184 valence electrons. The zero-order valence-electron chi connectivity index (χ0n) is 20.0. The maximum atomic E-state index is 12.7. The summed E-state index contributed by atoms with van der Waals surface area (Å²) < 4.78 is 5.94. The van der Waals surface area contributed by atoms with Crippen molar-refractivity contribution in [2.45, 2.75) is 63.5 Å². The van der Waals surface area contributed by atoms with Crippen LogP contribution < -0.4 is 5.32 Å². The van der Waals surface area contributed by atoms with Crippen LogP contribution >= 0.6 is 0 Å². The first-order chi connectivity index (χ1) is 17.7. The molecule has 0 radical (unpaired) electrons. The van der Waals surface area contributed by atoms with Crippen LogP contribution in [0.25, 0.3) is 0 Å². The third-order valence-corrected chi connectivity index (χ3v) is 7.73. The molecule has 10 heteroatoms. The van der Waals surface area contributed by atoms with Crippen molar-refractivity contribution in [3.63, 3.8) is 0 Å². The van der Waals surface area contributed by atoms with Gasteiger partial charge in [0.2, 0.25) is 23.6 Å². The fraction of sp³-hybridized carbons (Fsp3) is 0.423. The van der Waals surface area contributed by atoms with Crippen LogP contribution in [0.15, 0.2) is 34.9 Å². The highest BCUT2D eigenvalue weighted by atomic mass is 16.4. The second-order valence-corrected chi connectivity index (χ2v) is 10.1. The molecule has 1 aromatic carbocycles. The van der Waals surface area contributed by atoms with Gasteiger partial charge in [-0.3, -0.25) is 4.79 Å². The number of hydrogen-bond donors (Lipinski definition) is 3. The lowest BCUT2D eigenvalue weighted by molar-refractivity contribution is -0.131. The highest BCUT2D eigenvalue weighted by Crippen LogP contribution is 2.32. The van der Waals surface area contributed by atoms with Crippen molar-refractivity contribution in [2.24, 2.45) is 0 Å².